The Morgan fingerprint density at radius 3 is 2.67 bits per heavy atom. The number of hydrogen-bond acceptors (Lipinski definition) is 4. The highest BCUT2D eigenvalue weighted by Gasteiger charge is 2.30. The van der Waals surface area contributed by atoms with Crippen molar-refractivity contribution in [1.29, 1.82) is 0 Å². The molecule has 110 valence electrons. The Morgan fingerprint density at radius 1 is 1.19 bits per heavy atom. The lowest BCUT2D eigenvalue weighted by Gasteiger charge is -2.25. The summed E-state index contributed by atoms with van der Waals surface area (Å²) in [6.45, 7) is 2.03. The van der Waals surface area contributed by atoms with Gasteiger partial charge in [0.15, 0.2) is 11.5 Å². The lowest BCUT2D eigenvalue weighted by Crippen LogP contribution is -2.28. The number of rotatable bonds is 4. The molecule has 5 heteroatoms. The number of benzene rings is 1. The summed E-state index contributed by atoms with van der Waals surface area (Å²) in [7, 11) is 0. The quantitative estimate of drug-likeness (QED) is 0.812. The highest BCUT2D eigenvalue weighted by Crippen LogP contribution is 2.39. The van der Waals surface area contributed by atoms with Gasteiger partial charge in [0.25, 0.3) is 0 Å². The average molecular weight is 305 g/mol. The fourth-order valence-corrected chi connectivity index (χ4v) is 3.04. The highest BCUT2D eigenvalue weighted by atomic mass is 35.5. The molecule has 0 saturated heterocycles. The van der Waals surface area contributed by atoms with E-state index in [4.69, 9.17) is 21.1 Å². The average Bonchev–Trinajstić information content (AvgIpc) is 3.35. The van der Waals surface area contributed by atoms with E-state index in [0.29, 0.717) is 25.1 Å². The topological polar surface area (TPSA) is 34.6 Å². The van der Waals surface area contributed by atoms with E-state index >= 15 is 0 Å². The van der Waals surface area contributed by atoms with Crippen molar-refractivity contribution in [3.05, 3.63) is 24.4 Å². The molecule has 4 rings (SSSR count). The van der Waals surface area contributed by atoms with Crippen molar-refractivity contribution in [2.45, 2.75) is 18.9 Å². The molecule has 1 aliphatic heterocycles. The molecule has 2 aromatic rings. The maximum atomic E-state index is 5.97. The molecule has 1 saturated carbocycles. The van der Waals surface area contributed by atoms with Gasteiger partial charge in [0.05, 0.1) is 0 Å². The molecule has 1 aromatic carbocycles. The summed E-state index contributed by atoms with van der Waals surface area (Å²) in [6.07, 6.45) is 4.30. The Hall–Kier alpha value is -1.68. The zero-order valence-electron chi connectivity index (χ0n) is 11.7. The molecule has 1 fully saturated rings. The lowest BCUT2D eigenvalue weighted by molar-refractivity contribution is 0.172. The van der Waals surface area contributed by atoms with E-state index in [1.54, 1.807) is 0 Å². The molecule has 2 heterocycles. The van der Waals surface area contributed by atoms with E-state index in [1.807, 2.05) is 18.3 Å². The molecule has 21 heavy (non-hydrogen) atoms. The maximum Gasteiger partial charge on any atom is 0.162 e. The van der Waals surface area contributed by atoms with Crippen LogP contribution in [0.1, 0.15) is 12.8 Å². The van der Waals surface area contributed by atoms with Crippen molar-refractivity contribution in [1.82, 2.24) is 4.98 Å². The van der Waals surface area contributed by atoms with Gasteiger partial charge in [-0.1, -0.05) is 0 Å². The largest absolute Gasteiger partial charge is 0.486 e. The molecule has 0 radical (unpaired) electrons. The Balaban J connectivity index is 1.84. The maximum absolute atomic E-state index is 5.97. The standard InChI is InChI=1S/C16H17ClN2O2/c17-4-6-19(12-1-2-12)16-13-10-15-14(20-7-8-21-15)9-11(13)3-5-18-16/h3,5,9-10,12H,1-2,4,6-8H2. The zero-order chi connectivity index (χ0) is 14.2. The summed E-state index contributed by atoms with van der Waals surface area (Å²) in [6, 6.07) is 6.69. The Kier molecular flexibility index (Phi) is 3.26. The van der Waals surface area contributed by atoms with E-state index in [9.17, 15) is 0 Å². The number of alkyl halides is 1. The van der Waals surface area contributed by atoms with Gasteiger partial charge in [-0.15, -0.1) is 11.6 Å². The predicted molar refractivity (Wildman–Crippen MR) is 83.8 cm³/mol. The SMILES string of the molecule is ClCCN(c1nccc2cc3c(cc12)OCCO3)C1CC1. The van der Waals surface area contributed by atoms with Gasteiger partial charge in [-0.05, 0) is 36.4 Å². The summed E-state index contributed by atoms with van der Waals surface area (Å²) in [5.74, 6) is 3.25. The Bertz CT molecular complexity index is 673. The van der Waals surface area contributed by atoms with Crippen LogP contribution >= 0.6 is 11.6 Å². The number of pyridine rings is 1. The van der Waals surface area contributed by atoms with E-state index in [0.717, 1.165) is 34.6 Å². The Morgan fingerprint density at radius 2 is 1.95 bits per heavy atom. The van der Waals surface area contributed by atoms with Crippen molar-refractivity contribution in [2.24, 2.45) is 0 Å². The third-order valence-electron chi connectivity index (χ3n) is 3.99. The van der Waals surface area contributed by atoms with Crippen molar-refractivity contribution in [2.75, 3.05) is 30.5 Å². The van der Waals surface area contributed by atoms with Crippen molar-refractivity contribution < 1.29 is 9.47 Å². The first-order valence-electron chi connectivity index (χ1n) is 7.38. The van der Waals surface area contributed by atoms with Crippen LogP contribution in [-0.4, -0.2) is 36.7 Å². The molecule has 0 bridgehead atoms. The number of hydrogen-bond donors (Lipinski definition) is 0. The number of ether oxygens (including phenoxy) is 2. The van der Waals surface area contributed by atoms with E-state index in [1.165, 1.54) is 12.8 Å². The third kappa shape index (κ3) is 2.38. The fraction of sp³-hybridized carbons (Fsp3) is 0.438. The predicted octanol–water partition coefficient (Wildman–Crippen LogP) is 3.21. The third-order valence-corrected chi connectivity index (χ3v) is 4.16. The van der Waals surface area contributed by atoms with Gasteiger partial charge >= 0.3 is 0 Å². The summed E-state index contributed by atoms with van der Waals surface area (Å²) in [5.41, 5.74) is 0. The van der Waals surface area contributed by atoms with Gasteiger partial charge < -0.3 is 14.4 Å². The van der Waals surface area contributed by atoms with Crippen molar-refractivity contribution in [3.8, 4) is 11.5 Å². The molecule has 0 spiro atoms. The normalized spacial score (nSPS) is 17.0. The van der Waals surface area contributed by atoms with Gasteiger partial charge in [-0.25, -0.2) is 4.98 Å². The minimum absolute atomic E-state index is 0.579. The molecule has 1 aromatic heterocycles. The molecule has 0 amide bonds. The minimum Gasteiger partial charge on any atom is -0.486 e. The van der Waals surface area contributed by atoms with Gasteiger partial charge in [0.2, 0.25) is 0 Å². The van der Waals surface area contributed by atoms with Gasteiger partial charge in [-0.2, -0.15) is 0 Å². The molecule has 2 aliphatic rings. The van der Waals surface area contributed by atoms with Crippen LogP contribution in [0, 0.1) is 0 Å². The van der Waals surface area contributed by atoms with Crippen LogP contribution < -0.4 is 14.4 Å². The van der Waals surface area contributed by atoms with Crippen LogP contribution in [0.4, 0.5) is 5.82 Å². The number of anilines is 1. The first kappa shape index (κ1) is 13.0. The summed E-state index contributed by atoms with van der Waals surface area (Å²) in [5, 5.41) is 2.24. The summed E-state index contributed by atoms with van der Waals surface area (Å²) >= 11 is 5.97. The molecular weight excluding hydrogens is 288 g/mol. The van der Waals surface area contributed by atoms with Gasteiger partial charge in [0, 0.05) is 30.0 Å². The first-order chi connectivity index (χ1) is 10.4. The smallest absolute Gasteiger partial charge is 0.162 e. The zero-order valence-corrected chi connectivity index (χ0v) is 12.5. The number of halogens is 1. The molecule has 4 nitrogen and oxygen atoms in total. The summed E-state index contributed by atoms with van der Waals surface area (Å²) < 4.78 is 11.4. The summed E-state index contributed by atoms with van der Waals surface area (Å²) in [4.78, 5) is 6.93. The van der Waals surface area contributed by atoms with Crippen LogP contribution in [0.25, 0.3) is 10.8 Å². The Labute approximate surface area is 128 Å². The first-order valence-corrected chi connectivity index (χ1v) is 7.91. The molecule has 1 aliphatic carbocycles. The van der Waals surface area contributed by atoms with Crippen LogP contribution in [0.15, 0.2) is 24.4 Å². The number of aromatic nitrogens is 1. The monoisotopic (exact) mass is 304 g/mol. The molecule has 0 unspecified atom stereocenters. The van der Waals surface area contributed by atoms with Crippen LogP contribution in [0.2, 0.25) is 0 Å². The fourth-order valence-electron chi connectivity index (χ4n) is 2.86. The van der Waals surface area contributed by atoms with Crippen molar-refractivity contribution in [3.63, 3.8) is 0 Å². The van der Waals surface area contributed by atoms with E-state index in [2.05, 4.69) is 16.0 Å². The number of fused-ring (bicyclic) bond motifs is 2. The lowest BCUT2D eigenvalue weighted by atomic mass is 10.1. The minimum atomic E-state index is 0.579. The second kappa shape index (κ2) is 5.26. The molecule has 0 atom stereocenters. The van der Waals surface area contributed by atoms with E-state index in [-0.39, 0.29) is 0 Å². The van der Waals surface area contributed by atoms with Crippen LogP contribution in [0.3, 0.4) is 0 Å². The number of nitrogens with zero attached hydrogens (tertiary/aromatic N) is 2. The van der Waals surface area contributed by atoms with Gasteiger partial charge in [-0.3, -0.25) is 0 Å². The highest BCUT2D eigenvalue weighted by molar-refractivity contribution is 6.18. The van der Waals surface area contributed by atoms with E-state index < -0.39 is 0 Å². The molecular formula is C16H17ClN2O2. The second-order valence-electron chi connectivity index (χ2n) is 5.47. The van der Waals surface area contributed by atoms with Crippen molar-refractivity contribution >= 4 is 28.2 Å². The second-order valence-corrected chi connectivity index (χ2v) is 5.84. The van der Waals surface area contributed by atoms with Gasteiger partial charge in [0.1, 0.15) is 19.0 Å². The van der Waals surface area contributed by atoms with Crippen LogP contribution in [0.5, 0.6) is 11.5 Å². The van der Waals surface area contributed by atoms with Crippen LogP contribution in [-0.2, 0) is 0 Å². The molecule has 0 N–H and O–H groups in total.